The van der Waals surface area contributed by atoms with Gasteiger partial charge in [-0.1, -0.05) is 0 Å². The Bertz CT molecular complexity index is 892. The quantitative estimate of drug-likeness (QED) is 0.450. The van der Waals surface area contributed by atoms with Crippen LogP contribution in [0.15, 0.2) is 42.5 Å². The molecule has 1 aliphatic rings. The van der Waals surface area contributed by atoms with Gasteiger partial charge in [0.25, 0.3) is 11.6 Å². The highest BCUT2D eigenvalue weighted by Crippen LogP contribution is 2.39. The summed E-state index contributed by atoms with van der Waals surface area (Å²) < 4.78 is 53.1. The molecule has 0 radical (unpaired) electrons. The number of anilines is 1. The van der Waals surface area contributed by atoms with Gasteiger partial charge < -0.3 is 9.80 Å². The first-order chi connectivity index (χ1) is 13.2. The minimum atomic E-state index is -4.75. The van der Waals surface area contributed by atoms with Gasteiger partial charge in [-0.2, -0.15) is 13.2 Å². The van der Waals surface area contributed by atoms with E-state index in [0.717, 1.165) is 24.3 Å². The van der Waals surface area contributed by atoms with Gasteiger partial charge in [-0.05, 0) is 30.3 Å². The van der Waals surface area contributed by atoms with Gasteiger partial charge in [-0.15, -0.1) is 0 Å². The highest BCUT2D eigenvalue weighted by atomic mass is 19.4. The monoisotopic (exact) mass is 397 g/mol. The lowest BCUT2D eigenvalue weighted by Gasteiger charge is -2.37. The van der Waals surface area contributed by atoms with E-state index in [-0.39, 0.29) is 37.8 Å². The minimum Gasteiger partial charge on any atom is -0.367 e. The Hall–Kier alpha value is -3.17. The van der Waals surface area contributed by atoms with Gasteiger partial charge in [0.05, 0.1) is 10.5 Å². The Morgan fingerprint density at radius 2 is 1.61 bits per heavy atom. The van der Waals surface area contributed by atoms with Gasteiger partial charge in [-0.25, -0.2) is 4.39 Å². The standard InChI is InChI=1S/C18H15F4N3O3/c19-13-3-1-12(2-4-13)17(26)24-9-7-23(8-10-24)16-6-5-14(25(27)28)11-15(16)18(20,21)22/h1-6,11H,7-10H2. The zero-order chi connectivity index (χ0) is 20.5. The predicted octanol–water partition coefficient (Wildman–Crippen LogP) is 3.72. The van der Waals surface area contributed by atoms with E-state index in [4.69, 9.17) is 0 Å². The zero-order valence-corrected chi connectivity index (χ0v) is 14.4. The molecule has 1 heterocycles. The Morgan fingerprint density at radius 3 is 2.14 bits per heavy atom. The molecule has 0 spiro atoms. The fourth-order valence-electron chi connectivity index (χ4n) is 3.07. The van der Waals surface area contributed by atoms with Crippen molar-refractivity contribution in [3.63, 3.8) is 0 Å². The normalized spacial score (nSPS) is 14.9. The topological polar surface area (TPSA) is 66.7 Å². The van der Waals surface area contributed by atoms with E-state index < -0.39 is 28.2 Å². The lowest BCUT2D eigenvalue weighted by Crippen LogP contribution is -2.49. The molecule has 2 aromatic carbocycles. The summed E-state index contributed by atoms with van der Waals surface area (Å²) >= 11 is 0. The van der Waals surface area contributed by atoms with Crippen LogP contribution in [0.2, 0.25) is 0 Å². The molecule has 0 aliphatic carbocycles. The molecule has 2 aromatic rings. The maximum absolute atomic E-state index is 13.4. The van der Waals surface area contributed by atoms with Crippen LogP contribution >= 0.6 is 0 Å². The van der Waals surface area contributed by atoms with E-state index in [9.17, 15) is 32.5 Å². The van der Waals surface area contributed by atoms with Crippen LogP contribution in [0.4, 0.5) is 28.9 Å². The predicted molar refractivity (Wildman–Crippen MR) is 92.6 cm³/mol. The second-order valence-electron chi connectivity index (χ2n) is 6.24. The van der Waals surface area contributed by atoms with Crippen LogP contribution in [0.1, 0.15) is 15.9 Å². The number of halogens is 4. The van der Waals surface area contributed by atoms with Crippen molar-refractivity contribution in [1.29, 1.82) is 0 Å². The molecule has 0 saturated carbocycles. The number of nitrogens with zero attached hydrogens (tertiary/aromatic N) is 3. The van der Waals surface area contributed by atoms with E-state index in [2.05, 4.69) is 0 Å². The molecular weight excluding hydrogens is 382 g/mol. The first kappa shape index (κ1) is 19.6. The second kappa shape index (κ2) is 7.45. The number of alkyl halides is 3. The highest BCUT2D eigenvalue weighted by molar-refractivity contribution is 5.94. The van der Waals surface area contributed by atoms with Crippen LogP contribution in [0.25, 0.3) is 0 Å². The van der Waals surface area contributed by atoms with Crippen molar-refractivity contribution in [3.8, 4) is 0 Å². The van der Waals surface area contributed by atoms with Crippen LogP contribution in [0, 0.1) is 15.9 Å². The number of nitro groups is 1. The third-order valence-electron chi connectivity index (χ3n) is 4.50. The second-order valence-corrected chi connectivity index (χ2v) is 6.24. The van der Waals surface area contributed by atoms with E-state index >= 15 is 0 Å². The molecule has 10 heteroatoms. The maximum atomic E-state index is 13.4. The molecule has 1 aliphatic heterocycles. The van der Waals surface area contributed by atoms with Crippen LogP contribution in [0.5, 0.6) is 0 Å². The van der Waals surface area contributed by atoms with Crippen molar-refractivity contribution in [2.45, 2.75) is 6.18 Å². The number of nitro benzene ring substituents is 1. The summed E-state index contributed by atoms with van der Waals surface area (Å²) in [6.45, 7) is 0.608. The van der Waals surface area contributed by atoms with Crippen LogP contribution in [0.3, 0.4) is 0 Å². The Kier molecular flexibility index (Phi) is 5.21. The third kappa shape index (κ3) is 4.05. The van der Waals surface area contributed by atoms with E-state index in [1.54, 1.807) is 0 Å². The SMILES string of the molecule is O=C(c1ccc(F)cc1)N1CCN(c2ccc([N+](=O)[O-])cc2C(F)(F)F)CC1. The largest absolute Gasteiger partial charge is 0.418 e. The Balaban J connectivity index is 1.77. The molecule has 0 aromatic heterocycles. The summed E-state index contributed by atoms with van der Waals surface area (Å²) in [4.78, 5) is 25.3. The van der Waals surface area contributed by atoms with Crippen molar-refractivity contribution in [2.75, 3.05) is 31.1 Å². The molecule has 3 rings (SSSR count). The number of carbonyl (C=O) groups excluding carboxylic acids is 1. The summed E-state index contributed by atoms with van der Waals surface area (Å²) in [5.41, 5.74) is -1.59. The van der Waals surface area contributed by atoms with Crippen molar-refractivity contribution in [3.05, 3.63) is 69.5 Å². The van der Waals surface area contributed by atoms with Crippen LogP contribution in [-0.2, 0) is 6.18 Å². The number of amides is 1. The first-order valence-corrected chi connectivity index (χ1v) is 8.32. The van der Waals surface area contributed by atoms with Gasteiger partial charge in [0, 0.05) is 49.6 Å². The number of hydrogen-bond acceptors (Lipinski definition) is 4. The minimum absolute atomic E-state index is 0.133. The smallest absolute Gasteiger partial charge is 0.367 e. The number of piperazine rings is 1. The van der Waals surface area contributed by atoms with Crippen LogP contribution in [-0.4, -0.2) is 41.9 Å². The average Bonchev–Trinajstić information content (AvgIpc) is 2.67. The molecule has 28 heavy (non-hydrogen) atoms. The number of non-ortho nitro benzene ring substituents is 1. The van der Waals surface area contributed by atoms with Crippen molar-refractivity contribution in [1.82, 2.24) is 4.90 Å². The lowest BCUT2D eigenvalue weighted by molar-refractivity contribution is -0.385. The number of benzene rings is 2. The van der Waals surface area contributed by atoms with Gasteiger partial charge >= 0.3 is 6.18 Å². The number of rotatable bonds is 3. The molecule has 0 atom stereocenters. The molecular formula is C18H15F4N3O3. The fraction of sp³-hybridized carbons (Fsp3) is 0.278. The van der Waals surface area contributed by atoms with Gasteiger partial charge in [-0.3, -0.25) is 14.9 Å². The highest BCUT2D eigenvalue weighted by Gasteiger charge is 2.37. The van der Waals surface area contributed by atoms with Gasteiger partial charge in [0.2, 0.25) is 0 Å². The van der Waals surface area contributed by atoms with Gasteiger partial charge in [0.1, 0.15) is 5.82 Å². The summed E-state index contributed by atoms with van der Waals surface area (Å²) in [5, 5.41) is 10.8. The molecule has 1 fully saturated rings. The Morgan fingerprint density at radius 1 is 1.00 bits per heavy atom. The molecule has 1 saturated heterocycles. The molecule has 148 valence electrons. The molecule has 0 N–H and O–H groups in total. The summed E-state index contributed by atoms with van der Waals surface area (Å²) in [5.74, 6) is -0.807. The zero-order valence-electron chi connectivity index (χ0n) is 14.4. The number of carbonyl (C=O) groups is 1. The van der Waals surface area contributed by atoms with E-state index in [0.29, 0.717) is 11.6 Å². The maximum Gasteiger partial charge on any atom is 0.418 e. The summed E-state index contributed by atoms with van der Waals surface area (Å²) in [6, 6.07) is 7.65. The first-order valence-electron chi connectivity index (χ1n) is 8.32. The van der Waals surface area contributed by atoms with Crippen molar-refractivity contribution >= 4 is 17.3 Å². The lowest BCUT2D eigenvalue weighted by atomic mass is 10.1. The molecule has 1 amide bonds. The van der Waals surface area contributed by atoms with Gasteiger partial charge in [0.15, 0.2) is 0 Å². The van der Waals surface area contributed by atoms with E-state index in [1.807, 2.05) is 0 Å². The van der Waals surface area contributed by atoms with E-state index in [1.165, 1.54) is 21.9 Å². The molecule has 6 nitrogen and oxygen atoms in total. The summed E-state index contributed by atoms with van der Waals surface area (Å²) in [6.07, 6.45) is -4.75. The third-order valence-corrected chi connectivity index (χ3v) is 4.50. The molecule has 0 bridgehead atoms. The fourth-order valence-corrected chi connectivity index (χ4v) is 3.07. The van der Waals surface area contributed by atoms with Crippen molar-refractivity contribution in [2.24, 2.45) is 0 Å². The van der Waals surface area contributed by atoms with Crippen molar-refractivity contribution < 1.29 is 27.3 Å². The number of hydrogen-bond donors (Lipinski definition) is 0. The summed E-state index contributed by atoms with van der Waals surface area (Å²) in [7, 11) is 0. The van der Waals surface area contributed by atoms with Crippen LogP contribution < -0.4 is 4.90 Å². The molecule has 0 unspecified atom stereocenters. The average molecular weight is 397 g/mol. The Labute approximate surface area is 157 Å².